The summed E-state index contributed by atoms with van der Waals surface area (Å²) in [6.07, 6.45) is 2.02. The molecule has 0 spiro atoms. The third-order valence-electron chi connectivity index (χ3n) is 5.08. The second kappa shape index (κ2) is 10.6. The zero-order valence-corrected chi connectivity index (χ0v) is 18.0. The van der Waals surface area contributed by atoms with E-state index in [9.17, 15) is 14.4 Å². The van der Waals surface area contributed by atoms with Crippen LogP contribution in [0.1, 0.15) is 39.2 Å². The number of amides is 3. The lowest BCUT2D eigenvalue weighted by Gasteiger charge is -2.30. The quantitative estimate of drug-likeness (QED) is 0.590. The van der Waals surface area contributed by atoms with Gasteiger partial charge in [0.25, 0.3) is 0 Å². The lowest BCUT2D eigenvalue weighted by Crippen LogP contribution is -2.57. The average molecular weight is 423 g/mol. The molecule has 3 amide bonds. The molecule has 0 saturated carbocycles. The molecule has 1 aliphatic heterocycles. The van der Waals surface area contributed by atoms with Crippen molar-refractivity contribution in [3.05, 3.63) is 34.9 Å². The van der Waals surface area contributed by atoms with E-state index in [1.807, 2.05) is 32.0 Å². The number of hydrogen-bond donors (Lipinski definition) is 3. The van der Waals surface area contributed by atoms with Gasteiger partial charge in [0, 0.05) is 18.1 Å². The lowest BCUT2D eigenvalue weighted by atomic mass is 10.0. The Hall–Kier alpha value is -2.12. The maximum Gasteiger partial charge on any atom is 0.246 e. The average Bonchev–Trinajstić information content (AvgIpc) is 3.15. The van der Waals surface area contributed by atoms with E-state index < -0.39 is 18.1 Å². The first-order valence-electron chi connectivity index (χ1n) is 10.1. The minimum Gasteiger partial charge on any atom is -0.354 e. The van der Waals surface area contributed by atoms with Crippen LogP contribution >= 0.6 is 11.6 Å². The Morgan fingerprint density at radius 2 is 2.00 bits per heavy atom. The van der Waals surface area contributed by atoms with Crippen LogP contribution in [0.25, 0.3) is 0 Å². The second-order valence-electron chi connectivity index (χ2n) is 7.88. The van der Waals surface area contributed by atoms with E-state index in [4.69, 9.17) is 17.3 Å². The number of carbonyl (C=O) groups is 3. The molecule has 1 aliphatic rings. The molecule has 0 unspecified atom stereocenters. The highest BCUT2D eigenvalue weighted by molar-refractivity contribution is 6.30. The SMILES string of the molecule is CC(C)[C@H](NC(=O)[C@H](C)N)C(=O)N1CCC[C@H]1C(=O)NCCc1cccc(Cl)c1. The number of nitrogens with two attached hydrogens (primary N) is 1. The van der Waals surface area contributed by atoms with Gasteiger partial charge in [-0.25, -0.2) is 0 Å². The van der Waals surface area contributed by atoms with Crippen molar-refractivity contribution in [2.24, 2.45) is 11.7 Å². The molecular weight excluding hydrogens is 392 g/mol. The fraction of sp³-hybridized carbons (Fsp3) is 0.571. The van der Waals surface area contributed by atoms with Gasteiger partial charge in [0.05, 0.1) is 6.04 Å². The van der Waals surface area contributed by atoms with Gasteiger partial charge in [-0.15, -0.1) is 0 Å². The first-order valence-corrected chi connectivity index (χ1v) is 10.5. The summed E-state index contributed by atoms with van der Waals surface area (Å²) in [7, 11) is 0. The van der Waals surface area contributed by atoms with Crippen molar-refractivity contribution < 1.29 is 14.4 Å². The molecule has 0 radical (unpaired) electrons. The van der Waals surface area contributed by atoms with Gasteiger partial charge < -0.3 is 21.3 Å². The first kappa shape index (κ1) is 23.2. The highest BCUT2D eigenvalue weighted by Gasteiger charge is 2.38. The predicted octanol–water partition coefficient (Wildman–Crippen LogP) is 1.48. The summed E-state index contributed by atoms with van der Waals surface area (Å²) < 4.78 is 0. The Labute approximate surface area is 177 Å². The first-order chi connectivity index (χ1) is 13.7. The van der Waals surface area contributed by atoms with Gasteiger partial charge in [0.2, 0.25) is 17.7 Å². The fourth-order valence-electron chi connectivity index (χ4n) is 3.42. The Morgan fingerprint density at radius 3 is 2.62 bits per heavy atom. The van der Waals surface area contributed by atoms with Crippen LogP contribution in [-0.4, -0.2) is 53.8 Å². The molecule has 1 heterocycles. The molecule has 1 saturated heterocycles. The number of carbonyl (C=O) groups excluding carboxylic acids is 3. The highest BCUT2D eigenvalue weighted by atomic mass is 35.5. The number of nitrogens with zero attached hydrogens (tertiary/aromatic N) is 1. The van der Waals surface area contributed by atoms with Crippen LogP contribution in [0, 0.1) is 5.92 Å². The summed E-state index contributed by atoms with van der Waals surface area (Å²) >= 11 is 5.99. The molecule has 2 rings (SSSR count). The van der Waals surface area contributed by atoms with E-state index in [-0.39, 0.29) is 23.6 Å². The molecule has 1 aromatic carbocycles. The fourth-order valence-corrected chi connectivity index (χ4v) is 3.63. The van der Waals surface area contributed by atoms with Crippen molar-refractivity contribution in [1.82, 2.24) is 15.5 Å². The largest absolute Gasteiger partial charge is 0.354 e. The standard InChI is InChI=1S/C21H31ClN4O3/c1-13(2)18(25-19(27)14(3)23)21(29)26-11-5-8-17(26)20(28)24-10-9-15-6-4-7-16(22)12-15/h4,6-7,12-14,17-18H,5,8-11,23H2,1-3H3,(H,24,28)(H,25,27)/t14-,17-,18-/m0/s1. The smallest absolute Gasteiger partial charge is 0.246 e. The maximum atomic E-state index is 13.1. The van der Waals surface area contributed by atoms with E-state index in [1.165, 1.54) is 0 Å². The molecule has 1 aromatic rings. The van der Waals surface area contributed by atoms with Gasteiger partial charge in [-0.2, -0.15) is 0 Å². The van der Waals surface area contributed by atoms with Gasteiger partial charge in [-0.3, -0.25) is 14.4 Å². The summed E-state index contributed by atoms with van der Waals surface area (Å²) in [5, 5.41) is 6.31. The van der Waals surface area contributed by atoms with Crippen molar-refractivity contribution >= 4 is 29.3 Å². The molecule has 0 aliphatic carbocycles. The molecule has 1 fully saturated rings. The van der Waals surface area contributed by atoms with Crippen LogP contribution in [0.3, 0.4) is 0 Å². The van der Waals surface area contributed by atoms with Crippen molar-refractivity contribution in [2.75, 3.05) is 13.1 Å². The minimum absolute atomic E-state index is 0.114. The molecule has 3 atom stereocenters. The molecular formula is C21H31ClN4O3. The molecule has 0 aromatic heterocycles. The van der Waals surface area contributed by atoms with E-state index >= 15 is 0 Å². The molecule has 160 valence electrons. The lowest BCUT2D eigenvalue weighted by molar-refractivity contribution is -0.142. The summed E-state index contributed by atoms with van der Waals surface area (Å²) in [6, 6.07) is 5.59. The van der Waals surface area contributed by atoms with Crippen LogP contribution in [0.15, 0.2) is 24.3 Å². The van der Waals surface area contributed by atoms with E-state index in [0.717, 1.165) is 12.0 Å². The van der Waals surface area contributed by atoms with Crippen molar-refractivity contribution in [1.29, 1.82) is 0 Å². The van der Waals surface area contributed by atoms with Gasteiger partial charge in [-0.05, 0) is 49.8 Å². The third-order valence-corrected chi connectivity index (χ3v) is 5.32. The van der Waals surface area contributed by atoms with E-state index in [0.29, 0.717) is 31.0 Å². The maximum absolute atomic E-state index is 13.1. The van der Waals surface area contributed by atoms with Crippen LogP contribution in [0.5, 0.6) is 0 Å². The normalized spacial score (nSPS) is 18.4. The van der Waals surface area contributed by atoms with Gasteiger partial charge >= 0.3 is 0 Å². The van der Waals surface area contributed by atoms with Crippen molar-refractivity contribution in [3.8, 4) is 0 Å². The molecule has 4 N–H and O–H groups in total. The Morgan fingerprint density at radius 1 is 1.28 bits per heavy atom. The van der Waals surface area contributed by atoms with Gasteiger partial charge in [0.15, 0.2) is 0 Å². The van der Waals surface area contributed by atoms with Crippen LogP contribution in [0.2, 0.25) is 5.02 Å². The topological polar surface area (TPSA) is 105 Å². The molecule has 0 bridgehead atoms. The Bertz CT molecular complexity index is 738. The number of benzene rings is 1. The van der Waals surface area contributed by atoms with Crippen LogP contribution in [-0.2, 0) is 20.8 Å². The van der Waals surface area contributed by atoms with Crippen molar-refractivity contribution in [3.63, 3.8) is 0 Å². The Kier molecular flexibility index (Phi) is 8.46. The zero-order chi connectivity index (χ0) is 21.6. The number of halogens is 1. The van der Waals surface area contributed by atoms with E-state index in [2.05, 4.69) is 10.6 Å². The predicted molar refractivity (Wildman–Crippen MR) is 113 cm³/mol. The molecule has 7 nitrogen and oxygen atoms in total. The zero-order valence-electron chi connectivity index (χ0n) is 17.3. The summed E-state index contributed by atoms with van der Waals surface area (Å²) in [5.74, 6) is -0.892. The van der Waals surface area contributed by atoms with E-state index in [1.54, 1.807) is 17.9 Å². The summed E-state index contributed by atoms with van der Waals surface area (Å²) in [4.78, 5) is 39.4. The third kappa shape index (κ3) is 6.44. The van der Waals surface area contributed by atoms with Crippen molar-refractivity contribution in [2.45, 2.75) is 58.2 Å². The molecule has 29 heavy (non-hydrogen) atoms. The number of hydrogen-bond acceptors (Lipinski definition) is 4. The highest BCUT2D eigenvalue weighted by Crippen LogP contribution is 2.20. The second-order valence-corrected chi connectivity index (χ2v) is 8.32. The van der Waals surface area contributed by atoms with Crippen LogP contribution < -0.4 is 16.4 Å². The number of likely N-dealkylation sites (tertiary alicyclic amines) is 1. The summed E-state index contributed by atoms with van der Waals surface area (Å²) in [5.41, 5.74) is 6.65. The molecule has 8 heteroatoms. The summed E-state index contributed by atoms with van der Waals surface area (Å²) in [6.45, 7) is 6.26. The Balaban J connectivity index is 1.96. The minimum atomic E-state index is -0.701. The van der Waals surface area contributed by atoms with Crippen LogP contribution in [0.4, 0.5) is 0 Å². The monoisotopic (exact) mass is 422 g/mol. The number of rotatable bonds is 8. The van der Waals surface area contributed by atoms with Gasteiger partial charge in [-0.1, -0.05) is 37.6 Å². The van der Waals surface area contributed by atoms with Gasteiger partial charge in [0.1, 0.15) is 12.1 Å². The number of nitrogens with one attached hydrogen (secondary N) is 2.